The number of likely N-dealkylation sites (tertiary alicyclic amines) is 1. The molecule has 1 aromatic rings. The number of phenolic OH excluding ortho intramolecular Hbond substituents is 1. The Hall–Kier alpha value is -1.96. The van der Waals surface area contributed by atoms with E-state index in [9.17, 15) is 23.1 Å². The molecule has 1 amide bonds. The van der Waals surface area contributed by atoms with Crippen LogP contribution >= 0.6 is 0 Å². The average Bonchev–Trinajstić information content (AvgIpc) is 2.90. The van der Waals surface area contributed by atoms with Gasteiger partial charge in [-0.2, -0.15) is 13.2 Å². The zero-order valence-corrected chi connectivity index (χ0v) is 13.6. The quantitative estimate of drug-likeness (QED) is 0.889. The van der Waals surface area contributed by atoms with E-state index in [0.29, 0.717) is 19.0 Å². The standard InChI is InChI=1S/C16H21F3N2O3/c1-20(2)8-11-3-4-21(9-11)15(23)12-5-13(22)7-14(6-12)24-10-16(17,18)19/h5-7,11,22H,3-4,8-10H2,1-2H3/t11-/m0/s1. The predicted molar refractivity (Wildman–Crippen MR) is 82.2 cm³/mol. The van der Waals surface area contributed by atoms with Crippen molar-refractivity contribution in [3.63, 3.8) is 0 Å². The van der Waals surface area contributed by atoms with E-state index in [4.69, 9.17) is 0 Å². The number of alkyl halides is 3. The van der Waals surface area contributed by atoms with Crippen LogP contribution in [0.25, 0.3) is 0 Å². The molecule has 0 spiro atoms. The highest BCUT2D eigenvalue weighted by Gasteiger charge is 2.30. The molecule has 1 fully saturated rings. The molecule has 0 bridgehead atoms. The fourth-order valence-corrected chi connectivity index (χ4v) is 2.82. The molecule has 0 aromatic heterocycles. The van der Waals surface area contributed by atoms with Crippen LogP contribution < -0.4 is 4.74 Å². The molecular formula is C16H21F3N2O3. The SMILES string of the molecule is CN(C)C[C@@H]1CCN(C(=O)c2cc(O)cc(OCC(F)(F)F)c2)C1. The molecule has 134 valence electrons. The molecule has 1 aromatic carbocycles. The van der Waals surface area contributed by atoms with Gasteiger partial charge in [0.2, 0.25) is 0 Å². The second kappa shape index (κ2) is 7.29. The van der Waals surface area contributed by atoms with E-state index in [1.807, 2.05) is 14.1 Å². The number of halogens is 3. The molecule has 0 aliphatic carbocycles. The van der Waals surface area contributed by atoms with Gasteiger partial charge in [-0.3, -0.25) is 4.79 Å². The number of carbonyl (C=O) groups excluding carboxylic acids is 1. The maximum absolute atomic E-state index is 12.5. The van der Waals surface area contributed by atoms with E-state index < -0.39 is 12.8 Å². The molecule has 1 atom stereocenters. The lowest BCUT2D eigenvalue weighted by atomic mass is 10.1. The first kappa shape index (κ1) is 18.4. The summed E-state index contributed by atoms with van der Waals surface area (Å²) >= 11 is 0. The summed E-state index contributed by atoms with van der Waals surface area (Å²) in [4.78, 5) is 16.2. The highest BCUT2D eigenvalue weighted by Crippen LogP contribution is 2.26. The van der Waals surface area contributed by atoms with Crippen molar-refractivity contribution in [2.75, 3.05) is 40.3 Å². The number of phenols is 1. The fourth-order valence-electron chi connectivity index (χ4n) is 2.82. The van der Waals surface area contributed by atoms with Gasteiger partial charge in [-0.05, 0) is 38.6 Å². The van der Waals surface area contributed by atoms with Crippen molar-refractivity contribution in [2.45, 2.75) is 12.6 Å². The Bertz CT molecular complexity index is 590. The molecule has 2 rings (SSSR count). The maximum Gasteiger partial charge on any atom is 0.422 e. The molecular weight excluding hydrogens is 325 g/mol. The Balaban J connectivity index is 2.05. The topological polar surface area (TPSA) is 53.0 Å². The van der Waals surface area contributed by atoms with Gasteiger partial charge < -0.3 is 19.6 Å². The third kappa shape index (κ3) is 5.30. The lowest BCUT2D eigenvalue weighted by Gasteiger charge is -2.19. The number of carbonyl (C=O) groups is 1. The van der Waals surface area contributed by atoms with E-state index in [-0.39, 0.29) is 23.0 Å². The highest BCUT2D eigenvalue weighted by atomic mass is 19.4. The van der Waals surface area contributed by atoms with Gasteiger partial charge in [0.05, 0.1) is 0 Å². The lowest BCUT2D eigenvalue weighted by molar-refractivity contribution is -0.153. The minimum atomic E-state index is -4.48. The van der Waals surface area contributed by atoms with Crippen LogP contribution in [0.5, 0.6) is 11.5 Å². The second-order valence-electron chi connectivity index (χ2n) is 6.29. The van der Waals surface area contributed by atoms with E-state index in [1.54, 1.807) is 4.90 Å². The number of hydrogen-bond donors (Lipinski definition) is 1. The van der Waals surface area contributed by atoms with Gasteiger partial charge in [-0.1, -0.05) is 0 Å². The van der Waals surface area contributed by atoms with Crippen LogP contribution in [0.2, 0.25) is 0 Å². The zero-order valence-electron chi connectivity index (χ0n) is 13.6. The third-order valence-electron chi connectivity index (χ3n) is 3.74. The molecule has 24 heavy (non-hydrogen) atoms. The molecule has 0 unspecified atom stereocenters. The number of nitrogens with zero attached hydrogens (tertiary/aromatic N) is 2. The van der Waals surface area contributed by atoms with Crippen molar-refractivity contribution in [3.8, 4) is 11.5 Å². The fraction of sp³-hybridized carbons (Fsp3) is 0.562. The van der Waals surface area contributed by atoms with Gasteiger partial charge in [-0.25, -0.2) is 0 Å². The minimum Gasteiger partial charge on any atom is -0.508 e. The number of rotatable bonds is 5. The molecule has 8 heteroatoms. The van der Waals surface area contributed by atoms with E-state index in [2.05, 4.69) is 9.64 Å². The molecule has 1 N–H and O–H groups in total. The van der Waals surface area contributed by atoms with Gasteiger partial charge in [0.15, 0.2) is 6.61 Å². The number of benzene rings is 1. The Kier molecular flexibility index (Phi) is 5.58. The van der Waals surface area contributed by atoms with Gasteiger partial charge in [0.25, 0.3) is 5.91 Å². The largest absolute Gasteiger partial charge is 0.508 e. The maximum atomic E-state index is 12.5. The Morgan fingerprint density at radius 2 is 2.08 bits per heavy atom. The molecule has 1 heterocycles. The molecule has 0 saturated carbocycles. The summed E-state index contributed by atoms with van der Waals surface area (Å²) < 4.78 is 41.3. The smallest absolute Gasteiger partial charge is 0.422 e. The summed E-state index contributed by atoms with van der Waals surface area (Å²) in [6.45, 7) is 0.569. The normalized spacial score (nSPS) is 18.2. The first-order valence-electron chi connectivity index (χ1n) is 7.61. The van der Waals surface area contributed by atoms with Crippen LogP contribution in [0, 0.1) is 5.92 Å². The van der Waals surface area contributed by atoms with Crippen molar-refractivity contribution >= 4 is 5.91 Å². The molecule has 5 nitrogen and oxygen atoms in total. The number of hydrogen-bond acceptors (Lipinski definition) is 4. The van der Waals surface area contributed by atoms with Crippen molar-refractivity contribution in [1.29, 1.82) is 0 Å². The number of aromatic hydroxyl groups is 1. The van der Waals surface area contributed by atoms with Crippen LogP contribution in [0.3, 0.4) is 0 Å². The summed E-state index contributed by atoms with van der Waals surface area (Å²) in [6.07, 6.45) is -3.61. The second-order valence-corrected chi connectivity index (χ2v) is 6.29. The van der Waals surface area contributed by atoms with Crippen LogP contribution in [0.15, 0.2) is 18.2 Å². The summed E-state index contributed by atoms with van der Waals surface area (Å²) in [5.41, 5.74) is 0.123. The predicted octanol–water partition coefficient (Wildman–Crippen LogP) is 2.36. The highest BCUT2D eigenvalue weighted by molar-refractivity contribution is 5.95. The van der Waals surface area contributed by atoms with Crippen molar-refractivity contribution < 1.29 is 27.8 Å². The number of amides is 1. The van der Waals surface area contributed by atoms with Gasteiger partial charge in [0, 0.05) is 31.3 Å². The zero-order chi connectivity index (χ0) is 17.9. The third-order valence-corrected chi connectivity index (χ3v) is 3.74. The van der Waals surface area contributed by atoms with E-state index in [1.165, 1.54) is 12.1 Å². The molecule has 1 aliphatic heterocycles. The molecule has 1 aliphatic rings. The minimum absolute atomic E-state index is 0.123. The van der Waals surface area contributed by atoms with Crippen molar-refractivity contribution in [2.24, 2.45) is 5.92 Å². The Morgan fingerprint density at radius 1 is 1.38 bits per heavy atom. The van der Waals surface area contributed by atoms with Crippen molar-refractivity contribution in [3.05, 3.63) is 23.8 Å². The van der Waals surface area contributed by atoms with Crippen molar-refractivity contribution in [1.82, 2.24) is 9.80 Å². The monoisotopic (exact) mass is 346 g/mol. The Labute approximate surface area is 138 Å². The summed E-state index contributed by atoms with van der Waals surface area (Å²) in [5.74, 6) is -0.437. The first-order chi connectivity index (χ1) is 11.1. The average molecular weight is 346 g/mol. The lowest BCUT2D eigenvalue weighted by Crippen LogP contribution is -2.30. The summed E-state index contributed by atoms with van der Waals surface area (Å²) in [6, 6.07) is 3.52. The summed E-state index contributed by atoms with van der Waals surface area (Å²) in [5, 5.41) is 9.65. The van der Waals surface area contributed by atoms with Gasteiger partial charge in [0.1, 0.15) is 11.5 Å². The van der Waals surface area contributed by atoms with Crippen LogP contribution in [-0.4, -0.2) is 67.3 Å². The summed E-state index contributed by atoms with van der Waals surface area (Å²) in [7, 11) is 3.92. The first-order valence-corrected chi connectivity index (χ1v) is 7.61. The molecule has 0 radical (unpaired) electrons. The molecule has 1 saturated heterocycles. The number of ether oxygens (including phenoxy) is 1. The van der Waals surface area contributed by atoms with Gasteiger partial charge in [-0.15, -0.1) is 0 Å². The van der Waals surface area contributed by atoms with Crippen LogP contribution in [0.4, 0.5) is 13.2 Å². The van der Waals surface area contributed by atoms with Gasteiger partial charge >= 0.3 is 6.18 Å². The van der Waals surface area contributed by atoms with Crippen LogP contribution in [-0.2, 0) is 0 Å². The van der Waals surface area contributed by atoms with E-state index in [0.717, 1.165) is 19.0 Å². The van der Waals surface area contributed by atoms with Crippen LogP contribution in [0.1, 0.15) is 16.8 Å². The van der Waals surface area contributed by atoms with E-state index >= 15 is 0 Å². The Morgan fingerprint density at radius 3 is 2.71 bits per heavy atom.